The summed E-state index contributed by atoms with van der Waals surface area (Å²) in [5, 5.41) is 2.93. The van der Waals surface area contributed by atoms with Gasteiger partial charge in [-0.05, 0) is 0 Å². The summed E-state index contributed by atoms with van der Waals surface area (Å²) >= 11 is 0. The molecular weight excluding hydrogens is 135 g/mol. The number of rotatable bonds is 1. The second kappa shape index (κ2) is 11.8. The zero-order valence-corrected chi connectivity index (χ0v) is 8.80. The molecule has 3 heteroatoms. The second-order valence-corrected chi connectivity index (χ2v) is 1.56. The van der Waals surface area contributed by atoms with Crippen LogP contribution in [-0.4, -0.2) is 19.4 Å². The van der Waals surface area contributed by atoms with E-state index in [0.29, 0.717) is 0 Å². The van der Waals surface area contributed by atoms with Gasteiger partial charge in [-0.2, -0.15) is 0 Å². The molecular formula is C7H13N2Na. The zero-order chi connectivity index (χ0) is 6.95. The van der Waals surface area contributed by atoms with Crippen LogP contribution in [0.15, 0.2) is 17.6 Å². The molecule has 1 aliphatic heterocycles. The molecule has 0 unspecified atom stereocenters. The van der Waals surface area contributed by atoms with Gasteiger partial charge in [0.1, 0.15) is 0 Å². The van der Waals surface area contributed by atoms with E-state index in [2.05, 4.69) is 16.9 Å². The van der Waals surface area contributed by atoms with Crippen molar-refractivity contribution in [2.45, 2.75) is 6.92 Å². The van der Waals surface area contributed by atoms with Crippen molar-refractivity contribution in [1.29, 1.82) is 0 Å². The monoisotopic (exact) mass is 148 g/mol. The molecule has 0 aromatic heterocycles. The van der Waals surface area contributed by atoms with Crippen molar-refractivity contribution in [2.24, 2.45) is 4.99 Å². The van der Waals surface area contributed by atoms with Gasteiger partial charge in [0.05, 0.1) is 12.9 Å². The first-order chi connectivity index (χ1) is 4.41. The van der Waals surface area contributed by atoms with E-state index in [4.69, 9.17) is 0 Å². The van der Waals surface area contributed by atoms with E-state index in [9.17, 15) is 0 Å². The van der Waals surface area contributed by atoms with Crippen LogP contribution in [-0.2, 0) is 0 Å². The first kappa shape index (κ1) is 12.7. The van der Waals surface area contributed by atoms with Gasteiger partial charge >= 0.3 is 29.6 Å². The Morgan fingerprint density at radius 3 is 2.50 bits per heavy atom. The fourth-order valence-corrected chi connectivity index (χ4v) is 0.323. The van der Waals surface area contributed by atoms with Gasteiger partial charge < -0.3 is 5.32 Å². The number of aliphatic imine (C=N–C) groups is 1. The van der Waals surface area contributed by atoms with Crippen molar-refractivity contribution in [3.63, 3.8) is 0 Å². The van der Waals surface area contributed by atoms with Crippen molar-refractivity contribution < 1.29 is 29.6 Å². The first-order valence-electron chi connectivity index (χ1n) is 3.04. The van der Waals surface area contributed by atoms with Crippen LogP contribution in [0, 0.1) is 6.42 Å². The van der Waals surface area contributed by atoms with E-state index in [1.54, 1.807) is 12.4 Å². The van der Waals surface area contributed by atoms with Crippen molar-refractivity contribution in [3.05, 3.63) is 19.1 Å². The Morgan fingerprint density at radius 2 is 2.40 bits per heavy atom. The molecule has 1 N–H and O–H groups in total. The van der Waals surface area contributed by atoms with Gasteiger partial charge in [-0.25, -0.2) is 19.1 Å². The summed E-state index contributed by atoms with van der Waals surface area (Å²) in [4.78, 5) is 3.85. The number of hydrogen-bond acceptors (Lipinski definition) is 2. The van der Waals surface area contributed by atoms with E-state index in [1.165, 1.54) is 0 Å². The van der Waals surface area contributed by atoms with Crippen molar-refractivity contribution in [2.75, 3.05) is 13.1 Å². The maximum Gasteiger partial charge on any atom is 1.00 e. The normalized spacial score (nSPS) is 11.7. The summed E-state index contributed by atoms with van der Waals surface area (Å²) < 4.78 is 0. The number of allylic oxidation sites excluding steroid dienone is 1. The van der Waals surface area contributed by atoms with E-state index >= 15 is 0 Å². The number of nitrogens with one attached hydrogen (secondary N) is 1. The van der Waals surface area contributed by atoms with Gasteiger partial charge in [0, 0.05) is 6.54 Å². The molecule has 0 aromatic rings. The predicted molar refractivity (Wildman–Crippen MR) is 41.5 cm³/mol. The molecule has 0 spiro atoms. The van der Waals surface area contributed by atoms with Crippen LogP contribution in [0.25, 0.3) is 0 Å². The summed E-state index contributed by atoms with van der Waals surface area (Å²) in [6.45, 7) is 7.35. The molecule has 0 amide bonds. The van der Waals surface area contributed by atoms with Crippen LogP contribution < -0.4 is 34.9 Å². The van der Waals surface area contributed by atoms with Gasteiger partial charge in [-0.1, -0.05) is 0 Å². The minimum atomic E-state index is 0. The molecule has 0 aliphatic carbocycles. The van der Waals surface area contributed by atoms with Crippen LogP contribution in [0.5, 0.6) is 0 Å². The molecule has 0 radical (unpaired) electrons. The molecule has 2 nitrogen and oxygen atoms in total. The zero-order valence-electron chi connectivity index (χ0n) is 6.80. The maximum absolute atomic E-state index is 3.85. The topological polar surface area (TPSA) is 24.4 Å². The Morgan fingerprint density at radius 1 is 1.80 bits per heavy atom. The Kier molecular flexibility index (Phi) is 15.1. The maximum atomic E-state index is 3.85. The van der Waals surface area contributed by atoms with Crippen molar-refractivity contribution in [1.82, 2.24) is 5.32 Å². The summed E-state index contributed by atoms with van der Waals surface area (Å²) in [7, 11) is 0. The van der Waals surface area contributed by atoms with Crippen LogP contribution in [0.4, 0.5) is 0 Å². The van der Waals surface area contributed by atoms with E-state index < -0.39 is 0 Å². The minimum Gasteiger partial charge on any atom is -0.375 e. The van der Waals surface area contributed by atoms with Crippen molar-refractivity contribution >= 4 is 6.34 Å². The Labute approximate surface area is 85.1 Å². The smallest absolute Gasteiger partial charge is 0.375 e. The summed E-state index contributed by atoms with van der Waals surface area (Å²) in [6, 6.07) is 0. The largest absolute Gasteiger partial charge is 1.00 e. The Hall–Kier alpha value is 0.0800. The summed E-state index contributed by atoms with van der Waals surface area (Å²) in [5.41, 5.74) is 0. The average Bonchev–Trinajstić information content (AvgIpc) is 2.43. The van der Waals surface area contributed by atoms with Crippen molar-refractivity contribution in [3.8, 4) is 0 Å². The van der Waals surface area contributed by atoms with E-state index in [-0.39, 0.29) is 29.6 Å². The quantitative estimate of drug-likeness (QED) is 0.338. The molecule has 0 saturated heterocycles. The first-order valence-corrected chi connectivity index (χ1v) is 3.04. The van der Waals surface area contributed by atoms with Gasteiger partial charge in [0.25, 0.3) is 0 Å². The average molecular weight is 148 g/mol. The predicted octanol–water partition coefficient (Wildman–Crippen LogP) is -1.98. The third-order valence-corrected chi connectivity index (χ3v) is 0.804. The molecule has 0 bridgehead atoms. The van der Waals surface area contributed by atoms with E-state index in [1.807, 2.05) is 13.3 Å². The molecule has 10 heavy (non-hydrogen) atoms. The van der Waals surface area contributed by atoms with Gasteiger partial charge in [-0.15, -0.1) is 6.92 Å². The summed E-state index contributed by atoms with van der Waals surface area (Å²) in [5.74, 6) is 0. The molecule has 0 aromatic carbocycles. The minimum absolute atomic E-state index is 0. The molecule has 1 rings (SSSR count). The molecule has 0 fully saturated rings. The standard InChI is InChI=1S/C4H7.C3H6N2.Na/c1-3-4-2;1-2-5-3-4-1;/h3-4H,1H2,2H3;3H,1-2H2,(H,4,5);/q-1;;+1. The van der Waals surface area contributed by atoms with Gasteiger partial charge in [0.2, 0.25) is 0 Å². The fraction of sp³-hybridized carbons (Fsp3) is 0.429. The SMILES string of the molecule is C1=NCCN1.C=C[CH-]C.[Na+]. The summed E-state index contributed by atoms with van der Waals surface area (Å²) in [6.07, 6.45) is 5.38. The second-order valence-electron chi connectivity index (χ2n) is 1.56. The number of hydrogen-bond donors (Lipinski definition) is 1. The van der Waals surface area contributed by atoms with Crippen LogP contribution in [0.1, 0.15) is 6.92 Å². The third-order valence-electron chi connectivity index (χ3n) is 0.804. The van der Waals surface area contributed by atoms with E-state index in [0.717, 1.165) is 13.1 Å². The molecule has 1 heterocycles. The molecule has 1 aliphatic rings. The van der Waals surface area contributed by atoms with Crippen LogP contribution in [0.3, 0.4) is 0 Å². The number of nitrogens with zero attached hydrogens (tertiary/aromatic N) is 1. The van der Waals surface area contributed by atoms with Crippen LogP contribution >= 0.6 is 0 Å². The fourth-order valence-electron chi connectivity index (χ4n) is 0.323. The van der Waals surface area contributed by atoms with Crippen LogP contribution in [0.2, 0.25) is 0 Å². The third kappa shape index (κ3) is 11.0. The van der Waals surface area contributed by atoms with Gasteiger partial charge in [0.15, 0.2) is 0 Å². The van der Waals surface area contributed by atoms with Gasteiger partial charge in [-0.3, -0.25) is 4.99 Å². The Balaban J connectivity index is 0. The Bertz CT molecular complexity index is 85.6. The molecule has 0 atom stereocenters. The molecule has 52 valence electrons. The molecule has 0 saturated carbocycles.